The Labute approximate surface area is 154 Å². The summed E-state index contributed by atoms with van der Waals surface area (Å²) in [6.45, 7) is 4.64. The van der Waals surface area contributed by atoms with Crippen molar-refractivity contribution in [1.82, 2.24) is 15.5 Å². The molecule has 144 valence electrons. The van der Waals surface area contributed by atoms with Gasteiger partial charge in [-0.2, -0.15) is 0 Å². The van der Waals surface area contributed by atoms with Crippen LogP contribution in [0.15, 0.2) is 24.3 Å². The van der Waals surface area contributed by atoms with Crippen molar-refractivity contribution in [3.05, 3.63) is 35.6 Å². The number of nitrogens with one attached hydrogen (secondary N) is 2. The Bertz CT molecular complexity index is 580. The molecule has 0 aromatic heterocycles. The lowest BCUT2D eigenvalue weighted by Gasteiger charge is -2.32. The van der Waals surface area contributed by atoms with Crippen molar-refractivity contribution in [3.8, 4) is 0 Å². The third kappa shape index (κ3) is 7.09. The third-order valence-corrected chi connectivity index (χ3v) is 4.55. The van der Waals surface area contributed by atoms with E-state index in [1.165, 1.54) is 24.3 Å². The molecule has 2 N–H and O–H groups in total. The Morgan fingerprint density at radius 1 is 1.27 bits per heavy atom. The Hall–Kier alpha value is -1.99. The van der Waals surface area contributed by atoms with Gasteiger partial charge in [-0.05, 0) is 49.6 Å². The van der Waals surface area contributed by atoms with Crippen molar-refractivity contribution in [2.24, 2.45) is 5.92 Å². The van der Waals surface area contributed by atoms with Crippen LogP contribution in [0.5, 0.6) is 0 Å². The van der Waals surface area contributed by atoms with E-state index in [9.17, 15) is 14.0 Å². The van der Waals surface area contributed by atoms with Crippen LogP contribution in [-0.2, 0) is 9.53 Å². The number of halogens is 1. The second-order valence-corrected chi connectivity index (χ2v) is 6.62. The summed E-state index contributed by atoms with van der Waals surface area (Å²) in [5, 5.41) is 5.63. The Balaban J connectivity index is 1.61. The van der Waals surface area contributed by atoms with Crippen LogP contribution in [0, 0.1) is 11.7 Å². The first kappa shape index (κ1) is 20.3. The van der Waals surface area contributed by atoms with Crippen molar-refractivity contribution < 1.29 is 18.7 Å². The molecular weight excluding hydrogens is 337 g/mol. The van der Waals surface area contributed by atoms with Crippen molar-refractivity contribution in [3.63, 3.8) is 0 Å². The minimum atomic E-state index is -0.385. The number of benzene rings is 1. The first-order valence-corrected chi connectivity index (χ1v) is 9.10. The third-order valence-electron chi connectivity index (χ3n) is 4.55. The van der Waals surface area contributed by atoms with Crippen LogP contribution in [0.2, 0.25) is 0 Å². The minimum absolute atomic E-state index is 0.0709. The summed E-state index contributed by atoms with van der Waals surface area (Å²) in [7, 11) is 1.70. The van der Waals surface area contributed by atoms with Gasteiger partial charge in [-0.25, -0.2) is 4.39 Å². The summed E-state index contributed by atoms with van der Waals surface area (Å²) >= 11 is 0. The van der Waals surface area contributed by atoms with Crippen LogP contribution in [0.3, 0.4) is 0 Å². The molecule has 0 bridgehead atoms. The quantitative estimate of drug-likeness (QED) is 0.694. The number of amides is 2. The topological polar surface area (TPSA) is 70.7 Å². The second kappa shape index (κ2) is 10.9. The molecule has 1 fully saturated rings. The van der Waals surface area contributed by atoms with Crippen molar-refractivity contribution in [2.45, 2.75) is 19.3 Å². The molecule has 0 aliphatic carbocycles. The first-order chi connectivity index (χ1) is 12.6. The smallest absolute Gasteiger partial charge is 0.251 e. The van der Waals surface area contributed by atoms with Gasteiger partial charge in [-0.15, -0.1) is 0 Å². The number of likely N-dealkylation sites (tertiary alicyclic amines) is 1. The molecule has 0 saturated carbocycles. The van der Waals surface area contributed by atoms with Crippen LogP contribution in [-0.4, -0.2) is 63.2 Å². The fourth-order valence-corrected chi connectivity index (χ4v) is 3.08. The Morgan fingerprint density at radius 3 is 2.77 bits per heavy atom. The molecule has 2 rings (SSSR count). The highest BCUT2D eigenvalue weighted by Crippen LogP contribution is 2.15. The molecule has 1 aromatic rings. The van der Waals surface area contributed by atoms with Crippen molar-refractivity contribution in [1.29, 1.82) is 0 Å². The van der Waals surface area contributed by atoms with Gasteiger partial charge in [0.05, 0.1) is 6.61 Å². The molecule has 1 aromatic carbocycles. The summed E-state index contributed by atoms with van der Waals surface area (Å²) in [5.74, 6) is -0.305. The number of hydrogen-bond donors (Lipinski definition) is 2. The van der Waals surface area contributed by atoms with Crippen LogP contribution < -0.4 is 10.6 Å². The van der Waals surface area contributed by atoms with Crippen molar-refractivity contribution >= 4 is 11.8 Å². The molecule has 1 aliphatic heterocycles. The van der Waals surface area contributed by atoms with Gasteiger partial charge in [0.2, 0.25) is 5.91 Å². The monoisotopic (exact) mass is 365 g/mol. The molecule has 1 unspecified atom stereocenters. The average molecular weight is 365 g/mol. The zero-order chi connectivity index (χ0) is 18.8. The molecule has 26 heavy (non-hydrogen) atoms. The van der Waals surface area contributed by atoms with E-state index in [1.54, 1.807) is 7.11 Å². The van der Waals surface area contributed by atoms with Crippen LogP contribution in [0.4, 0.5) is 4.39 Å². The maximum Gasteiger partial charge on any atom is 0.251 e. The Morgan fingerprint density at radius 2 is 2.04 bits per heavy atom. The van der Waals surface area contributed by atoms with Crippen LogP contribution >= 0.6 is 0 Å². The van der Waals surface area contributed by atoms with E-state index in [1.807, 2.05) is 0 Å². The maximum absolute atomic E-state index is 12.8. The SMILES string of the molecule is COCCN1CCCC(CNC(=O)CCNC(=O)c2ccc(F)cc2)C1. The molecule has 1 atom stereocenters. The first-order valence-electron chi connectivity index (χ1n) is 9.10. The lowest BCUT2D eigenvalue weighted by Crippen LogP contribution is -2.42. The van der Waals surface area contributed by atoms with Gasteiger partial charge in [-0.1, -0.05) is 0 Å². The zero-order valence-electron chi connectivity index (χ0n) is 15.3. The molecule has 1 saturated heterocycles. The van der Waals surface area contributed by atoms with Crippen LogP contribution in [0.25, 0.3) is 0 Å². The molecule has 7 heteroatoms. The summed E-state index contributed by atoms with van der Waals surface area (Å²) in [6.07, 6.45) is 2.48. The highest BCUT2D eigenvalue weighted by molar-refractivity contribution is 5.94. The average Bonchev–Trinajstić information content (AvgIpc) is 2.65. The van der Waals surface area contributed by atoms with E-state index >= 15 is 0 Å². The van der Waals surface area contributed by atoms with Gasteiger partial charge >= 0.3 is 0 Å². The van der Waals surface area contributed by atoms with Gasteiger partial charge in [0.1, 0.15) is 5.82 Å². The number of nitrogens with zero attached hydrogens (tertiary/aromatic N) is 1. The van der Waals surface area contributed by atoms with E-state index in [-0.39, 0.29) is 30.6 Å². The fraction of sp³-hybridized carbons (Fsp3) is 0.579. The van der Waals surface area contributed by atoms with E-state index in [0.29, 0.717) is 18.0 Å². The predicted octanol–water partition coefficient (Wildman–Crippen LogP) is 1.42. The lowest BCUT2D eigenvalue weighted by atomic mass is 9.98. The van der Waals surface area contributed by atoms with E-state index in [4.69, 9.17) is 4.74 Å². The van der Waals surface area contributed by atoms with Gasteiger partial charge in [0, 0.05) is 45.3 Å². The highest BCUT2D eigenvalue weighted by atomic mass is 19.1. The summed E-state index contributed by atoms with van der Waals surface area (Å²) < 4.78 is 18.0. The molecular formula is C19H28FN3O3. The van der Waals surface area contributed by atoms with Crippen LogP contribution in [0.1, 0.15) is 29.6 Å². The molecule has 1 heterocycles. The number of methoxy groups -OCH3 is 1. The molecule has 0 spiro atoms. The summed E-state index contributed by atoms with van der Waals surface area (Å²) in [5.41, 5.74) is 0.380. The Kier molecular flexibility index (Phi) is 8.50. The zero-order valence-corrected chi connectivity index (χ0v) is 15.3. The minimum Gasteiger partial charge on any atom is -0.383 e. The summed E-state index contributed by atoms with van der Waals surface area (Å²) in [6, 6.07) is 5.32. The van der Waals surface area contributed by atoms with Crippen molar-refractivity contribution in [2.75, 3.05) is 46.4 Å². The predicted molar refractivity (Wildman–Crippen MR) is 97.4 cm³/mol. The number of ether oxygens (including phenoxy) is 1. The number of carbonyl (C=O) groups is 2. The lowest BCUT2D eigenvalue weighted by molar-refractivity contribution is -0.121. The number of piperidine rings is 1. The van der Waals surface area contributed by atoms with Gasteiger partial charge in [0.15, 0.2) is 0 Å². The van der Waals surface area contributed by atoms with Gasteiger partial charge in [0.25, 0.3) is 5.91 Å². The molecule has 1 aliphatic rings. The maximum atomic E-state index is 12.8. The molecule has 6 nitrogen and oxygen atoms in total. The van der Waals surface area contributed by atoms with E-state index in [0.717, 1.165) is 39.1 Å². The highest BCUT2D eigenvalue weighted by Gasteiger charge is 2.20. The number of carbonyl (C=O) groups excluding carboxylic acids is 2. The van der Waals surface area contributed by atoms with E-state index in [2.05, 4.69) is 15.5 Å². The van der Waals surface area contributed by atoms with Gasteiger partial charge < -0.3 is 20.3 Å². The fourth-order valence-electron chi connectivity index (χ4n) is 3.08. The molecule has 2 amide bonds. The normalized spacial score (nSPS) is 17.7. The molecule has 0 radical (unpaired) electrons. The standard InChI is InChI=1S/C19H28FN3O3/c1-26-12-11-23-10-2-3-15(14-23)13-22-18(24)8-9-21-19(25)16-4-6-17(20)7-5-16/h4-7,15H,2-3,8-14H2,1H3,(H,21,25)(H,22,24). The van der Waals surface area contributed by atoms with E-state index < -0.39 is 0 Å². The number of rotatable bonds is 9. The second-order valence-electron chi connectivity index (χ2n) is 6.62. The number of hydrogen-bond acceptors (Lipinski definition) is 4. The largest absolute Gasteiger partial charge is 0.383 e. The summed E-state index contributed by atoms with van der Waals surface area (Å²) in [4.78, 5) is 26.2. The van der Waals surface area contributed by atoms with Gasteiger partial charge in [-0.3, -0.25) is 9.59 Å².